The summed E-state index contributed by atoms with van der Waals surface area (Å²) in [6.07, 6.45) is -3.82. The Morgan fingerprint density at radius 2 is 1.92 bits per heavy atom. The predicted molar refractivity (Wildman–Crippen MR) is 83.5 cm³/mol. The van der Waals surface area contributed by atoms with Gasteiger partial charge in [-0.1, -0.05) is 6.92 Å². The van der Waals surface area contributed by atoms with Crippen LogP contribution >= 0.6 is 0 Å². The van der Waals surface area contributed by atoms with Crippen molar-refractivity contribution in [2.45, 2.75) is 19.5 Å². The van der Waals surface area contributed by atoms with Crippen molar-refractivity contribution in [2.24, 2.45) is 11.8 Å². The fourth-order valence-electron chi connectivity index (χ4n) is 2.61. The van der Waals surface area contributed by atoms with E-state index in [9.17, 15) is 22.8 Å². The molecule has 0 bridgehead atoms. The van der Waals surface area contributed by atoms with Crippen molar-refractivity contribution in [1.29, 1.82) is 0 Å². The number of carbonyl (C=O) groups is 2. The summed E-state index contributed by atoms with van der Waals surface area (Å²) in [6.45, 7) is 1.35. The number of hydrogen-bond acceptors (Lipinski definition) is 3. The molecule has 0 radical (unpaired) electrons. The Labute approximate surface area is 142 Å². The van der Waals surface area contributed by atoms with Crippen LogP contribution in [0.4, 0.5) is 23.7 Å². The number of nitrogens with one attached hydrogen (secondary N) is 1. The van der Waals surface area contributed by atoms with E-state index in [0.717, 1.165) is 11.3 Å². The highest BCUT2D eigenvalue weighted by Gasteiger charge is 2.53. The van der Waals surface area contributed by atoms with E-state index in [2.05, 4.69) is 5.32 Å². The Morgan fingerprint density at radius 3 is 2.40 bits per heavy atom. The van der Waals surface area contributed by atoms with Gasteiger partial charge in [-0.2, -0.15) is 13.2 Å². The van der Waals surface area contributed by atoms with Crippen LogP contribution in [0.2, 0.25) is 0 Å². The number of aliphatic carboxylic acids is 1. The first-order valence-electron chi connectivity index (χ1n) is 7.80. The summed E-state index contributed by atoms with van der Waals surface area (Å²) in [5.74, 6) is -4.67. The first kappa shape index (κ1) is 18.9. The Kier molecular flexibility index (Phi) is 5.76. The fraction of sp³-hybridized carbons (Fsp3) is 0.500. The van der Waals surface area contributed by atoms with Crippen LogP contribution in [0.3, 0.4) is 0 Å². The molecule has 1 aliphatic heterocycles. The van der Waals surface area contributed by atoms with Gasteiger partial charge >= 0.3 is 18.2 Å². The number of hydrogen-bond donors (Lipinski definition) is 2. The molecule has 2 atom stereocenters. The van der Waals surface area contributed by atoms with Crippen LogP contribution in [0.15, 0.2) is 24.3 Å². The maximum absolute atomic E-state index is 12.9. The van der Waals surface area contributed by atoms with Crippen LogP contribution in [0.5, 0.6) is 5.75 Å². The lowest BCUT2D eigenvalue weighted by Gasteiger charge is -2.18. The summed E-state index contributed by atoms with van der Waals surface area (Å²) in [4.78, 5) is 24.0. The van der Waals surface area contributed by atoms with Crippen LogP contribution in [-0.2, 0) is 4.79 Å². The van der Waals surface area contributed by atoms with Gasteiger partial charge in [0.2, 0.25) is 0 Å². The molecular weight excluding hydrogens is 341 g/mol. The highest BCUT2D eigenvalue weighted by molar-refractivity contribution is 5.90. The van der Waals surface area contributed by atoms with Crippen LogP contribution < -0.4 is 10.1 Å². The van der Waals surface area contributed by atoms with Crippen molar-refractivity contribution in [3.8, 4) is 5.75 Å². The molecule has 1 heterocycles. The van der Waals surface area contributed by atoms with E-state index in [-0.39, 0.29) is 0 Å². The SMILES string of the molecule is CCCOc1ccc(NC(=O)N2C[C@@H](C(F)(F)F)[C@H](C(=O)O)C2)cc1. The molecule has 2 N–H and O–H groups in total. The third kappa shape index (κ3) is 4.77. The number of benzene rings is 1. The van der Waals surface area contributed by atoms with Gasteiger partial charge in [0.05, 0.1) is 18.4 Å². The monoisotopic (exact) mass is 360 g/mol. The van der Waals surface area contributed by atoms with Gasteiger partial charge in [0.1, 0.15) is 5.75 Å². The lowest BCUT2D eigenvalue weighted by atomic mass is 9.96. The number of halogens is 3. The molecule has 0 spiro atoms. The van der Waals surface area contributed by atoms with Gasteiger partial charge in [0.15, 0.2) is 0 Å². The van der Waals surface area contributed by atoms with E-state index >= 15 is 0 Å². The standard InChI is InChI=1S/C16H19F3N2O4/c1-2-7-25-11-5-3-10(4-6-11)20-15(24)21-8-12(14(22)23)13(9-21)16(17,18)19/h3-6,12-13H,2,7-9H2,1H3,(H,20,24)(H,22,23)/t12-,13-/m1/s1. The summed E-state index contributed by atoms with van der Waals surface area (Å²) in [5, 5.41) is 11.4. The van der Waals surface area contributed by atoms with E-state index in [1.807, 2.05) is 6.92 Å². The molecule has 1 saturated heterocycles. The number of carboxylic acid groups (broad SMARTS) is 1. The molecule has 2 rings (SSSR count). The molecule has 1 aromatic carbocycles. The van der Waals surface area contributed by atoms with Crippen molar-refractivity contribution in [2.75, 3.05) is 25.0 Å². The number of amides is 2. The Hall–Kier alpha value is -2.45. The average Bonchev–Trinajstić information content (AvgIpc) is 3.00. The van der Waals surface area contributed by atoms with Gasteiger partial charge < -0.3 is 20.1 Å². The van der Waals surface area contributed by atoms with Gasteiger partial charge in [0, 0.05) is 18.8 Å². The third-order valence-corrected chi connectivity index (χ3v) is 3.92. The highest BCUT2D eigenvalue weighted by Crippen LogP contribution is 2.37. The van der Waals surface area contributed by atoms with E-state index in [1.165, 1.54) is 0 Å². The lowest BCUT2D eigenvalue weighted by molar-refractivity contribution is -0.187. The lowest BCUT2D eigenvalue weighted by Crippen LogP contribution is -2.35. The zero-order valence-corrected chi connectivity index (χ0v) is 13.5. The van der Waals surface area contributed by atoms with Crippen LogP contribution in [0.1, 0.15) is 13.3 Å². The molecule has 25 heavy (non-hydrogen) atoms. The quantitative estimate of drug-likeness (QED) is 0.845. The highest BCUT2D eigenvalue weighted by atomic mass is 19.4. The van der Waals surface area contributed by atoms with Gasteiger partial charge in [-0.25, -0.2) is 4.79 Å². The number of likely N-dealkylation sites (tertiary alicyclic amines) is 1. The normalized spacial score (nSPS) is 20.4. The number of carboxylic acids is 1. The Morgan fingerprint density at radius 1 is 1.28 bits per heavy atom. The van der Waals surface area contributed by atoms with E-state index in [1.54, 1.807) is 24.3 Å². The van der Waals surface area contributed by atoms with E-state index in [4.69, 9.17) is 9.84 Å². The van der Waals surface area contributed by atoms with Crippen LogP contribution in [-0.4, -0.2) is 47.9 Å². The number of ether oxygens (including phenoxy) is 1. The molecule has 0 saturated carbocycles. The molecule has 6 nitrogen and oxygen atoms in total. The number of carbonyl (C=O) groups excluding carboxylic acids is 1. The molecule has 1 aromatic rings. The van der Waals surface area contributed by atoms with E-state index < -0.39 is 43.1 Å². The molecule has 1 fully saturated rings. The second-order valence-electron chi connectivity index (χ2n) is 5.80. The average molecular weight is 360 g/mol. The number of rotatable bonds is 5. The third-order valence-electron chi connectivity index (χ3n) is 3.92. The summed E-state index contributed by atoms with van der Waals surface area (Å²) in [5.41, 5.74) is 0.385. The van der Waals surface area contributed by atoms with E-state index in [0.29, 0.717) is 18.0 Å². The first-order valence-corrected chi connectivity index (χ1v) is 7.80. The topological polar surface area (TPSA) is 78.9 Å². The summed E-state index contributed by atoms with van der Waals surface area (Å²) in [6, 6.07) is 5.63. The van der Waals surface area contributed by atoms with Crippen molar-refractivity contribution < 1.29 is 32.6 Å². The maximum atomic E-state index is 12.9. The number of nitrogens with zero attached hydrogens (tertiary/aromatic N) is 1. The minimum atomic E-state index is -4.67. The first-order chi connectivity index (χ1) is 11.7. The van der Waals surface area contributed by atoms with Crippen LogP contribution in [0, 0.1) is 11.8 Å². The molecular formula is C16H19F3N2O4. The largest absolute Gasteiger partial charge is 0.494 e. The van der Waals surface area contributed by atoms with Gasteiger partial charge in [0.25, 0.3) is 0 Å². The molecule has 1 aliphatic rings. The van der Waals surface area contributed by atoms with Gasteiger partial charge in [-0.3, -0.25) is 4.79 Å². The Bertz CT molecular complexity index is 619. The van der Waals surface area contributed by atoms with Crippen molar-refractivity contribution in [3.05, 3.63) is 24.3 Å². The maximum Gasteiger partial charge on any atom is 0.394 e. The number of alkyl halides is 3. The molecule has 2 amide bonds. The van der Waals surface area contributed by atoms with Crippen LogP contribution in [0.25, 0.3) is 0 Å². The summed E-state index contributed by atoms with van der Waals surface area (Å²) in [7, 11) is 0. The van der Waals surface area contributed by atoms with Crippen molar-refractivity contribution in [1.82, 2.24) is 4.90 Å². The fourth-order valence-corrected chi connectivity index (χ4v) is 2.61. The second-order valence-corrected chi connectivity index (χ2v) is 5.80. The smallest absolute Gasteiger partial charge is 0.394 e. The molecule has 0 aromatic heterocycles. The zero-order valence-electron chi connectivity index (χ0n) is 13.5. The molecule has 9 heteroatoms. The summed E-state index contributed by atoms with van der Waals surface area (Å²) >= 11 is 0. The minimum Gasteiger partial charge on any atom is -0.494 e. The van der Waals surface area contributed by atoms with Crippen molar-refractivity contribution in [3.63, 3.8) is 0 Å². The Balaban J connectivity index is 2.00. The summed E-state index contributed by atoms with van der Waals surface area (Å²) < 4.78 is 44.2. The zero-order chi connectivity index (χ0) is 18.6. The molecule has 0 unspecified atom stereocenters. The number of urea groups is 1. The molecule has 0 aliphatic carbocycles. The minimum absolute atomic E-state index is 0.385. The van der Waals surface area contributed by atoms with Gasteiger partial charge in [-0.15, -0.1) is 0 Å². The van der Waals surface area contributed by atoms with Gasteiger partial charge in [-0.05, 0) is 30.7 Å². The predicted octanol–water partition coefficient (Wildman–Crippen LogP) is 3.20. The second kappa shape index (κ2) is 7.62. The molecule has 138 valence electrons. The van der Waals surface area contributed by atoms with Crippen molar-refractivity contribution >= 4 is 17.7 Å². The number of anilines is 1.